The van der Waals surface area contributed by atoms with E-state index in [4.69, 9.17) is 9.47 Å². The van der Waals surface area contributed by atoms with Gasteiger partial charge in [0.25, 0.3) is 0 Å². The van der Waals surface area contributed by atoms with Crippen molar-refractivity contribution in [3.8, 4) is 11.5 Å². The number of hydrogen-bond acceptors (Lipinski definition) is 3. The van der Waals surface area contributed by atoms with E-state index in [9.17, 15) is 0 Å². The van der Waals surface area contributed by atoms with Gasteiger partial charge in [-0.3, -0.25) is 0 Å². The lowest BCUT2D eigenvalue weighted by atomic mass is 9.90. The molecule has 0 radical (unpaired) electrons. The molecule has 3 heteroatoms. The first-order valence-electron chi connectivity index (χ1n) is 7.13. The Morgan fingerprint density at radius 3 is 2.42 bits per heavy atom. The van der Waals surface area contributed by atoms with Crippen LogP contribution in [0.4, 0.5) is 0 Å². The van der Waals surface area contributed by atoms with Crippen LogP contribution in [0.5, 0.6) is 11.5 Å². The molecule has 1 rings (SSSR count). The van der Waals surface area contributed by atoms with Crippen LogP contribution < -0.4 is 14.8 Å². The van der Waals surface area contributed by atoms with Crippen LogP contribution in [-0.2, 0) is 0 Å². The van der Waals surface area contributed by atoms with Crippen molar-refractivity contribution in [2.75, 3.05) is 20.8 Å². The SMILES string of the molecule is CCCC(C)C(NCC)c1ccc(OC)cc1OC. The van der Waals surface area contributed by atoms with Crippen molar-refractivity contribution in [1.82, 2.24) is 5.32 Å². The summed E-state index contributed by atoms with van der Waals surface area (Å²) in [5.41, 5.74) is 1.21. The fourth-order valence-electron chi connectivity index (χ4n) is 2.53. The first-order valence-corrected chi connectivity index (χ1v) is 7.13. The molecular weight excluding hydrogens is 238 g/mol. The Bertz CT molecular complexity index is 379. The van der Waals surface area contributed by atoms with Gasteiger partial charge >= 0.3 is 0 Å². The zero-order chi connectivity index (χ0) is 14.3. The molecule has 0 aliphatic heterocycles. The van der Waals surface area contributed by atoms with Gasteiger partial charge in [-0.15, -0.1) is 0 Å². The molecule has 1 aromatic rings. The predicted octanol–water partition coefficient (Wildman–Crippen LogP) is 3.79. The fraction of sp³-hybridized carbons (Fsp3) is 0.625. The van der Waals surface area contributed by atoms with E-state index >= 15 is 0 Å². The van der Waals surface area contributed by atoms with Gasteiger partial charge in [-0.05, 0) is 24.9 Å². The third kappa shape index (κ3) is 4.13. The molecule has 0 saturated heterocycles. The zero-order valence-electron chi connectivity index (χ0n) is 12.8. The summed E-state index contributed by atoms with van der Waals surface area (Å²) in [4.78, 5) is 0. The Hall–Kier alpha value is -1.22. The van der Waals surface area contributed by atoms with Crippen LogP contribution in [0, 0.1) is 5.92 Å². The average Bonchev–Trinajstić information content (AvgIpc) is 2.44. The predicted molar refractivity (Wildman–Crippen MR) is 80.0 cm³/mol. The minimum atomic E-state index is 0.325. The molecule has 2 atom stereocenters. The van der Waals surface area contributed by atoms with Gasteiger partial charge in [0.05, 0.1) is 14.2 Å². The molecule has 1 N–H and O–H groups in total. The second-order valence-electron chi connectivity index (χ2n) is 4.91. The molecule has 0 aromatic heterocycles. The molecule has 0 spiro atoms. The van der Waals surface area contributed by atoms with Crippen molar-refractivity contribution in [2.45, 2.75) is 39.7 Å². The molecule has 3 nitrogen and oxygen atoms in total. The molecule has 0 fully saturated rings. The summed E-state index contributed by atoms with van der Waals surface area (Å²) < 4.78 is 10.8. The van der Waals surface area contributed by atoms with E-state index in [0.717, 1.165) is 18.0 Å². The van der Waals surface area contributed by atoms with E-state index in [-0.39, 0.29) is 0 Å². The van der Waals surface area contributed by atoms with Crippen molar-refractivity contribution in [3.63, 3.8) is 0 Å². The molecule has 1 aromatic carbocycles. The van der Waals surface area contributed by atoms with E-state index in [1.54, 1.807) is 14.2 Å². The quantitative estimate of drug-likeness (QED) is 0.775. The van der Waals surface area contributed by atoms with Crippen LogP contribution in [-0.4, -0.2) is 20.8 Å². The van der Waals surface area contributed by atoms with Gasteiger partial charge < -0.3 is 14.8 Å². The second-order valence-corrected chi connectivity index (χ2v) is 4.91. The van der Waals surface area contributed by atoms with Gasteiger partial charge in [-0.2, -0.15) is 0 Å². The Labute approximate surface area is 117 Å². The monoisotopic (exact) mass is 265 g/mol. The maximum Gasteiger partial charge on any atom is 0.127 e. The van der Waals surface area contributed by atoms with Gasteiger partial charge in [0.15, 0.2) is 0 Å². The van der Waals surface area contributed by atoms with Gasteiger partial charge in [0.1, 0.15) is 11.5 Å². The fourth-order valence-corrected chi connectivity index (χ4v) is 2.53. The molecule has 0 heterocycles. The van der Waals surface area contributed by atoms with Crippen LogP contribution in [0.15, 0.2) is 18.2 Å². The summed E-state index contributed by atoms with van der Waals surface area (Å²) in [6.45, 7) is 7.61. The summed E-state index contributed by atoms with van der Waals surface area (Å²) in [7, 11) is 3.39. The molecule has 0 aliphatic rings. The lowest BCUT2D eigenvalue weighted by molar-refractivity contribution is 0.343. The maximum atomic E-state index is 5.52. The normalized spacial score (nSPS) is 13.9. The number of ether oxygens (including phenoxy) is 2. The van der Waals surface area contributed by atoms with Crippen LogP contribution in [0.2, 0.25) is 0 Å². The Balaban J connectivity index is 3.06. The molecule has 19 heavy (non-hydrogen) atoms. The highest BCUT2D eigenvalue weighted by Gasteiger charge is 2.21. The maximum absolute atomic E-state index is 5.52. The molecule has 2 unspecified atom stereocenters. The highest BCUT2D eigenvalue weighted by atomic mass is 16.5. The summed E-state index contributed by atoms with van der Waals surface area (Å²) in [6.07, 6.45) is 2.40. The molecule has 108 valence electrons. The minimum absolute atomic E-state index is 0.325. The van der Waals surface area contributed by atoms with Crippen LogP contribution in [0.1, 0.15) is 45.2 Å². The van der Waals surface area contributed by atoms with Gasteiger partial charge in [-0.25, -0.2) is 0 Å². The summed E-state index contributed by atoms with van der Waals surface area (Å²) in [5.74, 6) is 2.31. The van der Waals surface area contributed by atoms with Gasteiger partial charge in [0.2, 0.25) is 0 Å². The second kappa shape index (κ2) is 8.05. The molecule has 0 aliphatic carbocycles. The Morgan fingerprint density at radius 1 is 1.16 bits per heavy atom. The van der Waals surface area contributed by atoms with Gasteiger partial charge in [0, 0.05) is 17.7 Å². The number of rotatable bonds is 8. The van der Waals surface area contributed by atoms with E-state index in [2.05, 4.69) is 32.2 Å². The summed E-state index contributed by atoms with van der Waals surface area (Å²) in [6, 6.07) is 6.39. The number of methoxy groups -OCH3 is 2. The molecule has 0 amide bonds. The van der Waals surface area contributed by atoms with Crippen molar-refractivity contribution in [1.29, 1.82) is 0 Å². The first-order chi connectivity index (χ1) is 9.17. The van der Waals surface area contributed by atoms with Crippen molar-refractivity contribution >= 4 is 0 Å². The number of benzene rings is 1. The van der Waals surface area contributed by atoms with Crippen molar-refractivity contribution in [2.24, 2.45) is 5.92 Å². The van der Waals surface area contributed by atoms with Crippen molar-refractivity contribution < 1.29 is 9.47 Å². The Morgan fingerprint density at radius 2 is 1.89 bits per heavy atom. The summed E-state index contributed by atoms with van der Waals surface area (Å²) in [5, 5.41) is 3.57. The molecule has 0 saturated carbocycles. The van der Waals surface area contributed by atoms with Crippen LogP contribution in [0.25, 0.3) is 0 Å². The third-order valence-electron chi connectivity index (χ3n) is 3.51. The standard InChI is InChI=1S/C16H27NO2/c1-6-8-12(3)16(17-7-2)14-10-9-13(18-4)11-15(14)19-5/h9-12,16-17H,6-8H2,1-5H3. The van der Waals surface area contributed by atoms with Crippen LogP contribution in [0.3, 0.4) is 0 Å². The highest BCUT2D eigenvalue weighted by molar-refractivity contribution is 5.42. The first kappa shape index (κ1) is 15.8. The summed E-state index contributed by atoms with van der Waals surface area (Å²) >= 11 is 0. The van der Waals surface area contributed by atoms with E-state index in [1.807, 2.05) is 12.1 Å². The topological polar surface area (TPSA) is 30.5 Å². The third-order valence-corrected chi connectivity index (χ3v) is 3.51. The number of hydrogen-bond donors (Lipinski definition) is 1. The van der Waals surface area contributed by atoms with Gasteiger partial charge in [-0.1, -0.05) is 33.3 Å². The zero-order valence-corrected chi connectivity index (χ0v) is 12.8. The molecular formula is C16H27NO2. The van der Waals surface area contributed by atoms with Crippen molar-refractivity contribution in [3.05, 3.63) is 23.8 Å². The lowest BCUT2D eigenvalue weighted by Crippen LogP contribution is -2.27. The smallest absolute Gasteiger partial charge is 0.127 e. The lowest BCUT2D eigenvalue weighted by Gasteiger charge is -2.26. The van der Waals surface area contributed by atoms with E-state index in [0.29, 0.717) is 12.0 Å². The number of nitrogens with one attached hydrogen (secondary N) is 1. The van der Waals surface area contributed by atoms with Crippen LogP contribution >= 0.6 is 0 Å². The van der Waals surface area contributed by atoms with E-state index < -0.39 is 0 Å². The highest BCUT2D eigenvalue weighted by Crippen LogP contribution is 2.34. The molecule has 0 bridgehead atoms. The largest absolute Gasteiger partial charge is 0.497 e. The average molecular weight is 265 g/mol. The Kier molecular flexibility index (Phi) is 6.71. The van der Waals surface area contributed by atoms with E-state index in [1.165, 1.54) is 18.4 Å². The minimum Gasteiger partial charge on any atom is -0.497 e.